The summed E-state index contributed by atoms with van der Waals surface area (Å²) in [4.78, 5) is 10.8. The molecule has 0 unspecified atom stereocenters. The number of hydrogen-bond acceptors (Lipinski definition) is 4. The zero-order valence-corrected chi connectivity index (χ0v) is 15.6. The molecule has 6 nitrogen and oxygen atoms in total. The van der Waals surface area contributed by atoms with E-state index in [1.54, 1.807) is 12.4 Å². The van der Waals surface area contributed by atoms with Crippen molar-refractivity contribution in [1.29, 1.82) is 0 Å². The van der Waals surface area contributed by atoms with Gasteiger partial charge in [-0.1, -0.05) is 12.1 Å². The summed E-state index contributed by atoms with van der Waals surface area (Å²) in [6, 6.07) is 13.9. The predicted molar refractivity (Wildman–Crippen MR) is 107 cm³/mol. The van der Waals surface area contributed by atoms with E-state index >= 15 is 0 Å². The minimum absolute atomic E-state index is 0.0383. The molecule has 7 heteroatoms. The summed E-state index contributed by atoms with van der Waals surface area (Å²) in [7, 11) is 0. The number of aliphatic hydroxyl groups is 1. The molecule has 1 fully saturated rings. The molecule has 0 radical (unpaired) electrons. The normalized spacial score (nSPS) is 19.3. The lowest BCUT2D eigenvalue weighted by Gasteiger charge is -2.28. The van der Waals surface area contributed by atoms with Crippen LogP contribution in [0.1, 0.15) is 29.0 Å². The molecule has 1 saturated heterocycles. The summed E-state index contributed by atoms with van der Waals surface area (Å²) < 4.78 is 2.21. The van der Waals surface area contributed by atoms with Crippen LogP contribution >= 0.6 is 12.2 Å². The molecule has 2 N–H and O–H groups in total. The van der Waals surface area contributed by atoms with Crippen molar-refractivity contribution >= 4 is 17.3 Å². The zero-order valence-electron chi connectivity index (χ0n) is 14.8. The van der Waals surface area contributed by atoms with Crippen molar-refractivity contribution in [3.63, 3.8) is 0 Å². The van der Waals surface area contributed by atoms with Crippen molar-refractivity contribution in [2.75, 3.05) is 13.2 Å². The van der Waals surface area contributed by atoms with E-state index < -0.39 is 0 Å². The Bertz CT molecular complexity index is 899. The third kappa shape index (κ3) is 3.56. The van der Waals surface area contributed by atoms with Gasteiger partial charge < -0.3 is 19.9 Å². The minimum Gasteiger partial charge on any atom is -0.395 e. The summed E-state index contributed by atoms with van der Waals surface area (Å²) in [6.45, 7) is 1.23. The van der Waals surface area contributed by atoms with E-state index in [0.29, 0.717) is 11.7 Å². The molecule has 0 aromatic carbocycles. The maximum atomic E-state index is 9.56. The molecule has 0 amide bonds. The molecule has 0 bridgehead atoms. The Hall–Kier alpha value is -2.77. The minimum atomic E-state index is -0.0761. The number of aliphatic hydroxyl groups excluding tert-OH is 1. The van der Waals surface area contributed by atoms with Crippen LogP contribution in [0.5, 0.6) is 0 Å². The summed E-state index contributed by atoms with van der Waals surface area (Å²) >= 11 is 5.56. The van der Waals surface area contributed by atoms with Gasteiger partial charge in [-0.15, -0.1) is 0 Å². The number of hydrogen-bond donors (Lipinski definition) is 2. The first-order valence-corrected chi connectivity index (χ1v) is 9.31. The summed E-state index contributed by atoms with van der Waals surface area (Å²) in [5, 5.41) is 13.6. The van der Waals surface area contributed by atoms with Crippen molar-refractivity contribution < 1.29 is 5.11 Å². The van der Waals surface area contributed by atoms with Crippen LogP contribution in [0.15, 0.2) is 67.3 Å². The summed E-state index contributed by atoms with van der Waals surface area (Å²) in [6.07, 6.45) is 7.51. The fourth-order valence-electron chi connectivity index (χ4n) is 3.60. The number of pyridine rings is 2. The number of rotatable bonds is 6. The quantitative estimate of drug-likeness (QED) is 0.641. The maximum absolute atomic E-state index is 9.56. The highest BCUT2D eigenvalue weighted by Crippen LogP contribution is 2.38. The van der Waals surface area contributed by atoms with Crippen LogP contribution in [0.2, 0.25) is 0 Å². The van der Waals surface area contributed by atoms with E-state index in [-0.39, 0.29) is 18.7 Å². The molecule has 3 aromatic heterocycles. The molecular weight excluding hydrogens is 358 g/mol. The van der Waals surface area contributed by atoms with Crippen LogP contribution in [0.4, 0.5) is 0 Å². The number of nitrogens with zero attached hydrogens (tertiary/aromatic N) is 4. The van der Waals surface area contributed by atoms with Crippen molar-refractivity contribution in [2.24, 2.45) is 0 Å². The lowest BCUT2D eigenvalue weighted by Crippen LogP contribution is -2.33. The van der Waals surface area contributed by atoms with Crippen LogP contribution in [0.3, 0.4) is 0 Å². The second-order valence-electron chi connectivity index (χ2n) is 6.47. The molecule has 4 rings (SSSR count). The van der Waals surface area contributed by atoms with Crippen LogP contribution in [-0.4, -0.2) is 42.8 Å². The molecule has 0 aliphatic carbocycles. The second-order valence-corrected chi connectivity index (χ2v) is 6.85. The molecule has 2 atom stereocenters. The standard InChI is InChI=1S/C20H21N5OS/c26-12-11-25-19(18(23-20(25)27)16-6-1-2-9-22-16)17-7-4-10-24(17)14-15-5-3-8-21-13-15/h1-10,13,18-19,26H,11-12,14H2,(H,23,27)/t18-,19-/m1/s1. The fraction of sp³-hybridized carbons (Fsp3) is 0.250. The predicted octanol–water partition coefficient (Wildman–Crippen LogP) is 2.29. The highest BCUT2D eigenvalue weighted by atomic mass is 32.1. The molecule has 27 heavy (non-hydrogen) atoms. The van der Waals surface area contributed by atoms with Gasteiger partial charge in [-0.25, -0.2) is 0 Å². The van der Waals surface area contributed by atoms with Crippen LogP contribution in [0, 0.1) is 0 Å². The van der Waals surface area contributed by atoms with Gasteiger partial charge in [-0.3, -0.25) is 9.97 Å². The van der Waals surface area contributed by atoms with Gasteiger partial charge >= 0.3 is 0 Å². The van der Waals surface area contributed by atoms with E-state index in [0.717, 1.165) is 23.5 Å². The maximum Gasteiger partial charge on any atom is 0.170 e. The average molecular weight is 379 g/mol. The molecular formula is C20H21N5OS. The molecule has 1 aliphatic heterocycles. The van der Waals surface area contributed by atoms with Crippen molar-refractivity contribution in [3.05, 3.63) is 84.2 Å². The molecule has 3 aromatic rings. The molecule has 1 aliphatic rings. The fourth-order valence-corrected chi connectivity index (χ4v) is 3.94. The number of nitrogens with one attached hydrogen (secondary N) is 1. The van der Waals surface area contributed by atoms with Crippen LogP contribution in [0.25, 0.3) is 0 Å². The lowest BCUT2D eigenvalue weighted by atomic mass is 10.0. The highest BCUT2D eigenvalue weighted by Gasteiger charge is 2.40. The average Bonchev–Trinajstić information content (AvgIpc) is 3.28. The van der Waals surface area contributed by atoms with E-state index in [4.69, 9.17) is 12.2 Å². The molecule has 138 valence electrons. The van der Waals surface area contributed by atoms with Gasteiger partial charge in [-0.05, 0) is 48.1 Å². The van der Waals surface area contributed by atoms with Gasteiger partial charge in [0.1, 0.15) is 0 Å². The third-order valence-electron chi connectivity index (χ3n) is 4.78. The van der Waals surface area contributed by atoms with Gasteiger partial charge in [-0.2, -0.15) is 0 Å². The largest absolute Gasteiger partial charge is 0.395 e. The van der Waals surface area contributed by atoms with Crippen LogP contribution in [-0.2, 0) is 6.54 Å². The van der Waals surface area contributed by atoms with Crippen molar-refractivity contribution in [2.45, 2.75) is 18.6 Å². The Morgan fingerprint density at radius 2 is 2.04 bits per heavy atom. The van der Waals surface area contributed by atoms with E-state index in [1.165, 1.54) is 0 Å². The van der Waals surface area contributed by atoms with Crippen LogP contribution < -0.4 is 5.32 Å². The first-order chi connectivity index (χ1) is 13.3. The first-order valence-electron chi connectivity index (χ1n) is 8.91. The Labute approximate surface area is 163 Å². The number of β-amino-alcohol motifs (C(OH)–C–C–N with tert-alkyl or cyclic N) is 1. The lowest BCUT2D eigenvalue weighted by molar-refractivity contribution is 0.219. The van der Waals surface area contributed by atoms with Gasteiger partial charge in [0.25, 0.3) is 0 Å². The highest BCUT2D eigenvalue weighted by molar-refractivity contribution is 7.80. The topological polar surface area (TPSA) is 66.2 Å². The Morgan fingerprint density at radius 1 is 1.11 bits per heavy atom. The van der Waals surface area contributed by atoms with Gasteiger partial charge in [0, 0.05) is 43.6 Å². The third-order valence-corrected chi connectivity index (χ3v) is 5.13. The summed E-state index contributed by atoms with van der Waals surface area (Å²) in [5.41, 5.74) is 3.18. The van der Waals surface area contributed by atoms with Gasteiger partial charge in [0.05, 0.1) is 24.4 Å². The Kier molecular flexibility index (Phi) is 5.13. The smallest absolute Gasteiger partial charge is 0.170 e. The molecule has 0 saturated carbocycles. The first kappa shape index (κ1) is 17.6. The molecule has 0 spiro atoms. The number of aromatic nitrogens is 3. The monoisotopic (exact) mass is 379 g/mol. The summed E-state index contributed by atoms with van der Waals surface area (Å²) in [5.74, 6) is 0. The van der Waals surface area contributed by atoms with Gasteiger partial charge in [0.15, 0.2) is 5.11 Å². The van der Waals surface area contributed by atoms with E-state index in [2.05, 4.69) is 38.2 Å². The van der Waals surface area contributed by atoms with Gasteiger partial charge in [0.2, 0.25) is 0 Å². The van der Waals surface area contributed by atoms with Crippen molar-refractivity contribution in [1.82, 2.24) is 24.8 Å². The van der Waals surface area contributed by atoms with E-state index in [9.17, 15) is 5.11 Å². The van der Waals surface area contributed by atoms with Crippen molar-refractivity contribution in [3.8, 4) is 0 Å². The second kappa shape index (κ2) is 7.85. The zero-order chi connectivity index (χ0) is 18.6. The SMILES string of the molecule is OCCN1C(=S)N[C@H](c2ccccn2)[C@H]1c1cccn1Cc1cccnc1. The Balaban J connectivity index is 1.72. The number of thiocarbonyl (C=S) groups is 1. The van der Waals surface area contributed by atoms with E-state index in [1.807, 2.05) is 41.4 Å². The Morgan fingerprint density at radius 3 is 2.78 bits per heavy atom. The molecule has 4 heterocycles.